The Morgan fingerprint density at radius 1 is 0.903 bits per heavy atom. The van der Waals surface area contributed by atoms with Gasteiger partial charge in [-0.05, 0) is 36.8 Å². The van der Waals surface area contributed by atoms with Gasteiger partial charge in [-0.2, -0.15) is 0 Å². The lowest BCUT2D eigenvalue weighted by atomic mass is 9.85. The number of esters is 2. The molecule has 0 heterocycles. The van der Waals surface area contributed by atoms with Crippen molar-refractivity contribution in [3.8, 4) is 0 Å². The molecule has 1 saturated carbocycles. The van der Waals surface area contributed by atoms with Gasteiger partial charge in [0.25, 0.3) is 0 Å². The van der Waals surface area contributed by atoms with Gasteiger partial charge in [-0.15, -0.1) is 0 Å². The fourth-order valence-corrected chi connectivity index (χ4v) is 3.97. The van der Waals surface area contributed by atoms with E-state index < -0.39 is 23.3 Å². The highest BCUT2D eigenvalue weighted by molar-refractivity contribution is 6.01. The summed E-state index contributed by atoms with van der Waals surface area (Å²) in [5.74, 6) is -2.69. The number of allylic oxidation sites excluding steroid dienone is 1. The van der Waals surface area contributed by atoms with Crippen LogP contribution in [0.2, 0.25) is 0 Å². The molecule has 3 rings (SSSR count). The molecule has 31 heavy (non-hydrogen) atoms. The summed E-state index contributed by atoms with van der Waals surface area (Å²) in [4.78, 5) is 37.9. The number of carbonyl (C=O) groups is 3. The molecule has 0 aromatic heterocycles. The lowest BCUT2D eigenvalue weighted by Gasteiger charge is -2.25. The maximum absolute atomic E-state index is 13.2. The van der Waals surface area contributed by atoms with Crippen molar-refractivity contribution in [2.75, 3.05) is 0 Å². The van der Waals surface area contributed by atoms with E-state index in [1.54, 1.807) is 0 Å². The highest BCUT2D eigenvalue weighted by Gasteiger charge is 2.55. The van der Waals surface area contributed by atoms with Crippen LogP contribution in [0, 0.1) is 11.3 Å². The highest BCUT2D eigenvalue weighted by Crippen LogP contribution is 2.48. The van der Waals surface area contributed by atoms with Crippen LogP contribution in [0.5, 0.6) is 0 Å². The van der Waals surface area contributed by atoms with Gasteiger partial charge in [0.15, 0.2) is 5.41 Å². The first-order chi connectivity index (χ1) is 14.8. The van der Waals surface area contributed by atoms with Crippen LogP contribution < -0.4 is 0 Å². The van der Waals surface area contributed by atoms with Gasteiger partial charge in [0.1, 0.15) is 13.2 Å². The molecule has 0 aliphatic heterocycles. The normalized spacial score (nSPS) is 18.8. The third-order valence-corrected chi connectivity index (χ3v) is 5.75. The number of carboxylic acids is 1. The van der Waals surface area contributed by atoms with Crippen molar-refractivity contribution in [1.82, 2.24) is 0 Å². The molecule has 162 valence electrons. The lowest BCUT2D eigenvalue weighted by molar-refractivity contribution is -0.174. The molecule has 0 amide bonds. The van der Waals surface area contributed by atoms with E-state index in [4.69, 9.17) is 9.47 Å². The zero-order valence-corrected chi connectivity index (χ0v) is 17.7. The quantitative estimate of drug-likeness (QED) is 0.407. The fourth-order valence-electron chi connectivity index (χ4n) is 3.97. The van der Waals surface area contributed by atoms with E-state index in [1.807, 2.05) is 67.6 Å². The van der Waals surface area contributed by atoms with E-state index in [1.165, 1.54) is 6.92 Å². The Bertz CT molecular complexity index is 922. The monoisotopic (exact) mass is 422 g/mol. The molecule has 1 N–H and O–H groups in total. The second-order valence-electron chi connectivity index (χ2n) is 7.94. The summed E-state index contributed by atoms with van der Waals surface area (Å²) in [5, 5.41) is 9.42. The molecule has 0 bridgehead atoms. The van der Waals surface area contributed by atoms with Gasteiger partial charge in [0.05, 0.1) is 0 Å². The first-order valence-electron chi connectivity index (χ1n) is 10.2. The molecule has 6 nitrogen and oxygen atoms in total. The maximum Gasteiger partial charge on any atom is 0.331 e. The number of carboxylic acid groups (broad SMARTS) is 1. The summed E-state index contributed by atoms with van der Waals surface area (Å²) in [5.41, 5.74) is 0.760. The smallest absolute Gasteiger partial charge is 0.331 e. The average molecular weight is 422 g/mol. The molecule has 1 unspecified atom stereocenters. The Morgan fingerprint density at radius 3 is 1.77 bits per heavy atom. The molecule has 0 spiro atoms. The van der Waals surface area contributed by atoms with Crippen LogP contribution in [0.3, 0.4) is 0 Å². The van der Waals surface area contributed by atoms with Crippen molar-refractivity contribution in [2.24, 2.45) is 11.3 Å². The third kappa shape index (κ3) is 5.02. The summed E-state index contributed by atoms with van der Waals surface area (Å²) < 4.78 is 11.0. The van der Waals surface area contributed by atoms with E-state index in [0.29, 0.717) is 5.57 Å². The van der Waals surface area contributed by atoms with Gasteiger partial charge in [0.2, 0.25) is 0 Å². The van der Waals surface area contributed by atoms with Gasteiger partial charge in [0, 0.05) is 5.57 Å². The molecule has 1 aliphatic carbocycles. The highest BCUT2D eigenvalue weighted by atomic mass is 16.6. The van der Waals surface area contributed by atoms with Crippen LogP contribution in [-0.4, -0.2) is 23.0 Å². The zero-order valence-electron chi connectivity index (χ0n) is 17.7. The zero-order chi connectivity index (χ0) is 22.4. The maximum atomic E-state index is 13.2. The van der Waals surface area contributed by atoms with Crippen molar-refractivity contribution < 1.29 is 29.0 Å². The number of carbonyl (C=O) groups excluding carboxylic acids is 2. The fraction of sp³-hybridized carbons (Fsp3) is 0.320. The van der Waals surface area contributed by atoms with Crippen LogP contribution in [0.4, 0.5) is 0 Å². The molecule has 1 atom stereocenters. The lowest BCUT2D eigenvalue weighted by Crippen LogP contribution is -2.40. The number of hydrogen-bond donors (Lipinski definition) is 1. The minimum atomic E-state index is -1.56. The van der Waals surface area contributed by atoms with Gasteiger partial charge < -0.3 is 14.6 Å². The first-order valence-corrected chi connectivity index (χ1v) is 10.2. The Labute approximate surface area is 181 Å². The summed E-state index contributed by atoms with van der Waals surface area (Å²) in [6, 6.07) is 18.4. The van der Waals surface area contributed by atoms with Crippen LogP contribution in [0.25, 0.3) is 0 Å². The van der Waals surface area contributed by atoms with E-state index >= 15 is 0 Å². The number of hydrogen-bond acceptors (Lipinski definition) is 5. The molecule has 1 fully saturated rings. The Morgan fingerprint density at radius 2 is 1.35 bits per heavy atom. The minimum absolute atomic E-state index is 0.0203. The van der Waals surface area contributed by atoms with Crippen LogP contribution in [0.1, 0.15) is 37.8 Å². The summed E-state index contributed by atoms with van der Waals surface area (Å²) in [6.45, 7) is 3.37. The molecule has 2 aromatic rings. The number of aliphatic carboxylic acids is 1. The summed E-state index contributed by atoms with van der Waals surface area (Å²) in [6.07, 6.45) is 0.127. The van der Waals surface area contributed by atoms with E-state index in [9.17, 15) is 19.5 Å². The Balaban J connectivity index is 1.84. The van der Waals surface area contributed by atoms with E-state index in [0.717, 1.165) is 11.1 Å². The first kappa shape index (κ1) is 22.3. The van der Waals surface area contributed by atoms with Crippen molar-refractivity contribution in [1.29, 1.82) is 0 Å². The van der Waals surface area contributed by atoms with Gasteiger partial charge in [-0.1, -0.05) is 73.2 Å². The van der Waals surface area contributed by atoms with Crippen molar-refractivity contribution in [2.45, 2.75) is 39.9 Å². The second kappa shape index (κ2) is 9.60. The third-order valence-electron chi connectivity index (χ3n) is 5.75. The number of ether oxygens (including phenoxy) is 2. The van der Waals surface area contributed by atoms with Gasteiger partial charge >= 0.3 is 17.9 Å². The number of benzene rings is 2. The molecule has 0 radical (unpaired) electrons. The van der Waals surface area contributed by atoms with Crippen molar-refractivity contribution in [3.63, 3.8) is 0 Å². The molecular weight excluding hydrogens is 396 g/mol. The van der Waals surface area contributed by atoms with Crippen LogP contribution in [-0.2, 0) is 37.1 Å². The van der Waals surface area contributed by atoms with Crippen molar-refractivity contribution in [3.05, 3.63) is 82.9 Å². The molecule has 6 heteroatoms. The van der Waals surface area contributed by atoms with Gasteiger partial charge in [-0.25, -0.2) is 4.79 Å². The van der Waals surface area contributed by atoms with E-state index in [2.05, 4.69) is 0 Å². The van der Waals surface area contributed by atoms with E-state index in [-0.39, 0.29) is 37.5 Å². The predicted octanol–water partition coefficient (Wildman–Crippen LogP) is 4.29. The summed E-state index contributed by atoms with van der Waals surface area (Å²) in [7, 11) is 0. The molecular formula is C25H26O6. The Kier molecular flexibility index (Phi) is 6.90. The predicted molar refractivity (Wildman–Crippen MR) is 114 cm³/mol. The Hall–Kier alpha value is -3.41. The standard InChI is InChI=1S/C25H26O6/c1-17-13-25(14-21(17)18(2)22(26)27,23(28)30-15-19-9-5-3-6-10-19)24(29)31-16-20-11-7-4-8-12-20/h3-12,17H,13-16H2,1-2H3,(H,26,27)/b21-18-. The van der Waals surface area contributed by atoms with Gasteiger partial charge in [-0.3, -0.25) is 9.59 Å². The average Bonchev–Trinajstić information content (AvgIpc) is 3.15. The topological polar surface area (TPSA) is 89.9 Å². The second-order valence-corrected chi connectivity index (χ2v) is 7.94. The number of rotatable bonds is 7. The molecule has 0 saturated heterocycles. The SMILES string of the molecule is C/C(C(=O)O)=C1\CC(C(=O)OCc2ccccc2)(C(=O)OCc2ccccc2)CC1C. The molecule has 2 aromatic carbocycles. The van der Waals surface area contributed by atoms with Crippen molar-refractivity contribution >= 4 is 17.9 Å². The summed E-state index contributed by atoms with van der Waals surface area (Å²) >= 11 is 0. The largest absolute Gasteiger partial charge is 0.478 e. The van der Waals surface area contributed by atoms with Crippen LogP contribution >= 0.6 is 0 Å². The minimum Gasteiger partial charge on any atom is -0.478 e. The van der Waals surface area contributed by atoms with Crippen LogP contribution in [0.15, 0.2) is 71.8 Å². The molecule has 1 aliphatic rings.